The van der Waals surface area contributed by atoms with Crippen LogP contribution in [0.25, 0.3) is 0 Å². The Morgan fingerprint density at radius 3 is 2.27 bits per heavy atom. The Kier molecular flexibility index (Phi) is 7.39. The highest BCUT2D eigenvalue weighted by molar-refractivity contribution is 5.81. The molecule has 0 aromatic heterocycles. The Balaban J connectivity index is 4.22. The number of nitrogens with two attached hydrogens (primary N) is 1. The number of carbonyl (C=O) groups excluding carboxylic acids is 1. The minimum absolute atomic E-state index is 0.111. The van der Waals surface area contributed by atoms with Gasteiger partial charge in [0.15, 0.2) is 0 Å². The van der Waals surface area contributed by atoms with Crippen molar-refractivity contribution in [3.05, 3.63) is 0 Å². The maximum absolute atomic E-state index is 12.0. The van der Waals surface area contributed by atoms with Crippen LogP contribution < -0.4 is 5.73 Å². The van der Waals surface area contributed by atoms with Gasteiger partial charge in [-0.25, -0.2) is 0 Å². The van der Waals surface area contributed by atoms with Crippen LogP contribution in [0.3, 0.4) is 0 Å². The van der Waals surface area contributed by atoms with E-state index in [0.717, 1.165) is 32.2 Å². The van der Waals surface area contributed by atoms with E-state index < -0.39 is 0 Å². The van der Waals surface area contributed by atoms with Gasteiger partial charge in [-0.15, -0.1) is 0 Å². The van der Waals surface area contributed by atoms with Crippen LogP contribution in [0, 0.1) is 0 Å². The van der Waals surface area contributed by atoms with Gasteiger partial charge in [0, 0.05) is 12.6 Å². The molecule has 1 amide bonds. The van der Waals surface area contributed by atoms with Crippen LogP contribution >= 0.6 is 0 Å². The van der Waals surface area contributed by atoms with Gasteiger partial charge in [-0.1, -0.05) is 26.7 Å². The Morgan fingerprint density at radius 2 is 1.87 bits per heavy atom. The Morgan fingerprint density at radius 1 is 1.27 bits per heavy atom. The predicted octanol–water partition coefficient (Wildman–Crippen LogP) is 2.15. The van der Waals surface area contributed by atoms with E-state index >= 15 is 0 Å². The van der Waals surface area contributed by atoms with Crippen LogP contribution in [0.2, 0.25) is 0 Å². The van der Waals surface area contributed by atoms with Crippen LogP contribution in [0.5, 0.6) is 0 Å². The van der Waals surface area contributed by atoms with Gasteiger partial charge in [-0.05, 0) is 26.7 Å². The molecule has 0 fully saturated rings. The number of hydrogen-bond donors (Lipinski definition) is 1. The first-order valence-electron chi connectivity index (χ1n) is 6.10. The summed E-state index contributed by atoms with van der Waals surface area (Å²) in [6.45, 7) is 9.10. The molecule has 0 aliphatic heterocycles. The lowest BCUT2D eigenvalue weighted by Gasteiger charge is -2.29. The Labute approximate surface area is 94.0 Å². The summed E-state index contributed by atoms with van der Waals surface area (Å²) >= 11 is 0. The number of nitrogens with zero attached hydrogens (tertiary/aromatic N) is 1. The largest absolute Gasteiger partial charge is 0.339 e. The van der Waals surface area contributed by atoms with Crippen molar-refractivity contribution < 1.29 is 4.79 Å². The third kappa shape index (κ3) is 5.17. The van der Waals surface area contributed by atoms with Crippen molar-refractivity contribution in [3.8, 4) is 0 Å². The monoisotopic (exact) mass is 214 g/mol. The molecule has 0 unspecified atom stereocenters. The summed E-state index contributed by atoms with van der Waals surface area (Å²) in [5.74, 6) is 0.111. The predicted molar refractivity (Wildman–Crippen MR) is 64.6 cm³/mol. The zero-order chi connectivity index (χ0) is 11.8. The SMILES string of the molecule is CCCC[C@H](N)C(=O)N(CCC)C(C)C. The summed E-state index contributed by atoms with van der Waals surface area (Å²) < 4.78 is 0. The molecule has 0 aromatic carbocycles. The number of hydrogen-bond acceptors (Lipinski definition) is 2. The standard InChI is InChI=1S/C12H26N2O/c1-5-7-8-11(13)12(15)14(9-6-2)10(3)4/h10-11H,5-9,13H2,1-4H3/t11-/m0/s1. The van der Waals surface area contributed by atoms with Crippen molar-refractivity contribution in [2.75, 3.05) is 6.54 Å². The highest BCUT2D eigenvalue weighted by Gasteiger charge is 2.21. The molecule has 0 saturated heterocycles. The highest BCUT2D eigenvalue weighted by Crippen LogP contribution is 2.06. The minimum Gasteiger partial charge on any atom is -0.339 e. The first-order chi connectivity index (χ1) is 7.04. The molecule has 90 valence electrons. The van der Waals surface area contributed by atoms with Crippen molar-refractivity contribution in [3.63, 3.8) is 0 Å². The van der Waals surface area contributed by atoms with Crippen LogP contribution in [0.1, 0.15) is 53.4 Å². The summed E-state index contributed by atoms with van der Waals surface area (Å²) in [4.78, 5) is 13.9. The van der Waals surface area contributed by atoms with Gasteiger partial charge in [-0.3, -0.25) is 4.79 Å². The topological polar surface area (TPSA) is 46.3 Å². The van der Waals surface area contributed by atoms with Gasteiger partial charge in [-0.2, -0.15) is 0 Å². The average Bonchev–Trinajstić information content (AvgIpc) is 2.21. The number of amides is 1. The van der Waals surface area contributed by atoms with Crippen LogP contribution in [0.4, 0.5) is 0 Å². The number of unbranched alkanes of at least 4 members (excludes halogenated alkanes) is 1. The molecule has 2 N–H and O–H groups in total. The highest BCUT2D eigenvalue weighted by atomic mass is 16.2. The molecule has 0 heterocycles. The molecule has 0 saturated carbocycles. The van der Waals surface area contributed by atoms with E-state index in [4.69, 9.17) is 5.73 Å². The van der Waals surface area contributed by atoms with Crippen molar-refractivity contribution in [1.82, 2.24) is 4.90 Å². The lowest BCUT2D eigenvalue weighted by Crippen LogP contribution is -2.47. The summed E-state index contributed by atoms with van der Waals surface area (Å²) in [5, 5.41) is 0. The molecule has 0 spiro atoms. The number of carbonyl (C=O) groups is 1. The summed E-state index contributed by atoms with van der Waals surface area (Å²) in [5.41, 5.74) is 5.88. The van der Waals surface area contributed by atoms with Gasteiger partial charge in [0.25, 0.3) is 0 Å². The molecule has 1 atom stereocenters. The van der Waals surface area contributed by atoms with E-state index in [1.165, 1.54) is 0 Å². The second-order valence-electron chi connectivity index (χ2n) is 4.37. The maximum atomic E-state index is 12.0. The van der Waals surface area contributed by atoms with Crippen molar-refractivity contribution in [2.45, 2.75) is 65.5 Å². The van der Waals surface area contributed by atoms with E-state index in [1.54, 1.807) is 0 Å². The van der Waals surface area contributed by atoms with Crippen LogP contribution in [0.15, 0.2) is 0 Å². The molecule has 3 heteroatoms. The Bertz CT molecular complexity index is 180. The first kappa shape index (κ1) is 14.4. The molecule has 0 aliphatic rings. The van der Waals surface area contributed by atoms with Gasteiger partial charge >= 0.3 is 0 Å². The lowest BCUT2D eigenvalue weighted by molar-refractivity contribution is -0.134. The third-order valence-electron chi connectivity index (χ3n) is 2.56. The van der Waals surface area contributed by atoms with Crippen LogP contribution in [-0.4, -0.2) is 29.4 Å². The van der Waals surface area contributed by atoms with Crippen molar-refractivity contribution >= 4 is 5.91 Å². The van der Waals surface area contributed by atoms with Crippen molar-refractivity contribution in [1.29, 1.82) is 0 Å². The fraction of sp³-hybridized carbons (Fsp3) is 0.917. The zero-order valence-electron chi connectivity index (χ0n) is 10.6. The van der Waals surface area contributed by atoms with Gasteiger partial charge in [0.2, 0.25) is 5.91 Å². The normalized spacial score (nSPS) is 12.9. The maximum Gasteiger partial charge on any atom is 0.239 e. The van der Waals surface area contributed by atoms with Crippen molar-refractivity contribution in [2.24, 2.45) is 5.73 Å². The first-order valence-corrected chi connectivity index (χ1v) is 6.10. The van der Waals surface area contributed by atoms with Gasteiger partial charge in [0.05, 0.1) is 6.04 Å². The zero-order valence-corrected chi connectivity index (χ0v) is 10.6. The second-order valence-corrected chi connectivity index (χ2v) is 4.37. The molecule has 0 aliphatic carbocycles. The number of rotatable bonds is 7. The molecular weight excluding hydrogens is 188 g/mol. The summed E-state index contributed by atoms with van der Waals surface area (Å²) in [6, 6.07) is -0.0518. The summed E-state index contributed by atoms with van der Waals surface area (Å²) in [6.07, 6.45) is 3.92. The fourth-order valence-electron chi connectivity index (χ4n) is 1.62. The molecule has 15 heavy (non-hydrogen) atoms. The molecule has 0 radical (unpaired) electrons. The smallest absolute Gasteiger partial charge is 0.239 e. The third-order valence-corrected chi connectivity index (χ3v) is 2.56. The van der Waals surface area contributed by atoms with E-state index in [0.29, 0.717) is 0 Å². The molecule has 0 aromatic rings. The quantitative estimate of drug-likeness (QED) is 0.706. The molecular formula is C12H26N2O. The second kappa shape index (κ2) is 7.69. The fourth-order valence-corrected chi connectivity index (χ4v) is 1.62. The van der Waals surface area contributed by atoms with Crippen LogP contribution in [-0.2, 0) is 4.79 Å². The molecule has 0 rings (SSSR count). The van der Waals surface area contributed by atoms with Gasteiger partial charge < -0.3 is 10.6 Å². The van der Waals surface area contributed by atoms with E-state index in [1.807, 2.05) is 18.7 Å². The summed E-state index contributed by atoms with van der Waals surface area (Å²) in [7, 11) is 0. The van der Waals surface area contributed by atoms with Gasteiger partial charge in [0.1, 0.15) is 0 Å². The van der Waals surface area contributed by atoms with E-state index in [2.05, 4.69) is 13.8 Å². The van der Waals surface area contributed by atoms with E-state index in [-0.39, 0.29) is 18.0 Å². The Hall–Kier alpha value is -0.570. The molecule has 0 bridgehead atoms. The lowest BCUT2D eigenvalue weighted by atomic mass is 10.1. The average molecular weight is 214 g/mol. The molecule has 3 nitrogen and oxygen atoms in total. The van der Waals surface area contributed by atoms with E-state index in [9.17, 15) is 4.79 Å². The minimum atomic E-state index is -0.307.